The lowest BCUT2D eigenvalue weighted by Crippen LogP contribution is -2.29. The highest BCUT2D eigenvalue weighted by molar-refractivity contribution is 7.80. The number of nitrogens with one attached hydrogen (secondary N) is 1. The van der Waals surface area contributed by atoms with E-state index in [9.17, 15) is 19.7 Å². The molecule has 4 rings (SSSR count). The number of benzene rings is 3. The Morgan fingerprint density at radius 3 is 2.41 bits per heavy atom. The molecule has 4 N–H and O–H groups in total. The summed E-state index contributed by atoms with van der Waals surface area (Å²) in [6.07, 6.45) is 1.20. The molecule has 1 unspecified atom stereocenters. The summed E-state index contributed by atoms with van der Waals surface area (Å²) < 4.78 is 13.1. The number of hydrogen-bond acceptors (Lipinski definition) is 4. The summed E-state index contributed by atoms with van der Waals surface area (Å²) in [4.78, 5) is 1.97. The van der Waals surface area contributed by atoms with Gasteiger partial charge in [0.2, 0.25) is 0 Å². The van der Waals surface area contributed by atoms with Crippen molar-refractivity contribution in [1.82, 2.24) is 5.32 Å². The van der Waals surface area contributed by atoms with Crippen molar-refractivity contribution in [3.8, 4) is 11.5 Å². The quantitative estimate of drug-likeness (QED) is 0.380. The van der Waals surface area contributed by atoms with Gasteiger partial charge in [0.25, 0.3) is 0 Å². The van der Waals surface area contributed by atoms with Gasteiger partial charge in [-0.2, -0.15) is 0 Å². The van der Waals surface area contributed by atoms with E-state index >= 15 is 0 Å². The Balaban J connectivity index is 1.54. The molecule has 1 saturated heterocycles. The highest BCUT2D eigenvalue weighted by Crippen LogP contribution is 2.41. The monoisotopic (exact) mass is 452 g/mol. The summed E-state index contributed by atoms with van der Waals surface area (Å²) in [5, 5.41) is 34.7. The standard InChI is InChI=1S/C25H25FN2O3S/c26-17-11-9-16(10-12-17)22(30)8-4-7-21-24(20-14-13-19(29)15-23(20)31)28(25(32)27-21)18-5-2-1-3-6-18/h1-3,5-6,9-15,21-22,24,29-31H,4,7-8H2,(H,27,32)/t21-,22?,24-/m1/s1. The number of phenols is 2. The van der Waals surface area contributed by atoms with E-state index < -0.39 is 6.10 Å². The molecule has 1 aliphatic heterocycles. The third-order valence-corrected chi connectivity index (χ3v) is 6.12. The number of anilines is 1. The van der Waals surface area contributed by atoms with Crippen LogP contribution in [0.1, 0.15) is 42.5 Å². The molecular formula is C25H25FN2O3S. The van der Waals surface area contributed by atoms with Crippen LogP contribution in [0.2, 0.25) is 0 Å². The molecule has 0 saturated carbocycles. The third kappa shape index (κ3) is 4.69. The lowest BCUT2D eigenvalue weighted by molar-refractivity contribution is 0.162. The zero-order valence-electron chi connectivity index (χ0n) is 17.4. The van der Waals surface area contributed by atoms with Gasteiger partial charge in [-0.15, -0.1) is 0 Å². The minimum absolute atomic E-state index is 0.00113. The van der Waals surface area contributed by atoms with Gasteiger partial charge in [0.1, 0.15) is 17.3 Å². The maximum Gasteiger partial charge on any atom is 0.174 e. The number of thiocarbonyl (C=S) groups is 1. The molecule has 0 aliphatic carbocycles. The van der Waals surface area contributed by atoms with E-state index in [1.807, 2.05) is 35.2 Å². The molecule has 1 aliphatic rings. The van der Waals surface area contributed by atoms with Gasteiger partial charge in [-0.05, 0) is 73.4 Å². The maximum absolute atomic E-state index is 13.1. The molecule has 0 aromatic heterocycles. The van der Waals surface area contributed by atoms with Gasteiger partial charge in [-0.1, -0.05) is 30.3 Å². The SMILES string of the molecule is Oc1ccc([C@@H]2[C@@H](CCCC(O)c3ccc(F)cc3)NC(=S)N2c2ccccc2)c(O)c1. The van der Waals surface area contributed by atoms with E-state index in [-0.39, 0.29) is 29.4 Å². The van der Waals surface area contributed by atoms with E-state index in [1.54, 1.807) is 24.3 Å². The molecule has 0 spiro atoms. The summed E-state index contributed by atoms with van der Waals surface area (Å²) in [6, 6.07) is 19.8. The van der Waals surface area contributed by atoms with Crippen LogP contribution in [0.4, 0.5) is 10.1 Å². The topological polar surface area (TPSA) is 76.0 Å². The number of aliphatic hydroxyl groups excluding tert-OH is 1. The number of aliphatic hydroxyl groups is 1. The van der Waals surface area contributed by atoms with Gasteiger partial charge in [0, 0.05) is 17.3 Å². The third-order valence-electron chi connectivity index (χ3n) is 5.80. The van der Waals surface area contributed by atoms with Gasteiger partial charge >= 0.3 is 0 Å². The van der Waals surface area contributed by atoms with Crippen molar-refractivity contribution < 1.29 is 19.7 Å². The predicted octanol–water partition coefficient (Wildman–Crippen LogP) is 4.95. The number of rotatable bonds is 7. The van der Waals surface area contributed by atoms with Crippen LogP contribution in [-0.2, 0) is 0 Å². The average Bonchev–Trinajstić information content (AvgIpc) is 3.10. The zero-order valence-corrected chi connectivity index (χ0v) is 18.2. The van der Waals surface area contributed by atoms with E-state index in [1.165, 1.54) is 18.2 Å². The molecule has 1 fully saturated rings. The van der Waals surface area contributed by atoms with Crippen LogP contribution in [0, 0.1) is 5.82 Å². The lowest BCUT2D eigenvalue weighted by atomic mass is 9.93. The Labute approximate surface area is 191 Å². The van der Waals surface area contributed by atoms with Gasteiger partial charge in [-0.3, -0.25) is 0 Å². The highest BCUT2D eigenvalue weighted by atomic mass is 32.1. The molecule has 3 aromatic carbocycles. The summed E-state index contributed by atoms with van der Waals surface area (Å²) in [7, 11) is 0. The Kier molecular flexibility index (Phi) is 6.58. The fourth-order valence-corrected chi connectivity index (χ4v) is 4.60. The number of nitrogens with zero attached hydrogens (tertiary/aromatic N) is 1. The van der Waals surface area contributed by atoms with Crippen molar-refractivity contribution in [2.45, 2.75) is 37.5 Å². The van der Waals surface area contributed by atoms with Crippen LogP contribution in [-0.4, -0.2) is 26.5 Å². The van der Waals surface area contributed by atoms with Crippen LogP contribution in [0.5, 0.6) is 11.5 Å². The Bertz CT molecular complexity index is 1080. The largest absolute Gasteiger partial charge is 0.508 e. The van der Waals surface area contributed by atoms with E-state index in [0.717, 1.165) is 5.69 Å². The number of aromatic hydroxyl groups is 2. The minimum Gasteiger partial charge on any atom is -0.508 e. The molecule has 0 radical (unpaired) electrons. The Morgan fingerprint density at radius 2 is 1.72 bits per heavy atom. The van der Waals surface area contributed by atoms with Crippen LogP contribution in [0.25, 0.3) is 0 Å². The second-order valence-corrected chi connectivity index (χ2v) is 8.33. The van der Waals surface area contributed by atoms with Crippen molar-refractivity contribution in [2.24, 2.45) is 0 Å². The highest BCUT2D eigenvalue weighted by Gasteiger charge is 2.40. The Morgan fingerprint density at radius 1 is 1.00 bits per heavy atom. The van der Waals surface area contributed by atoms with E-state index in [2.05, 4.69) is 5.32 Å². The summed E-state index contributed by atoms with van der Waals surface area (Å²) in [5.74, 6) is -0.342. The molecule has 5 nitrogen and oxygen atoms in total. The molecule has 0 bridgehead atoms. The van der Waals surface area contributed by atoms with Crippen molar-refractivity contribution >= 4 is 23.0 Å². The molecular weight excluding hydrogens is 427 g/mol. The minimum atomic E-state index is -0.685. The van der Waals surface area contributed by atoms with Crippen molar-refractivity contribution in [3.05, 3.63) is 89.7 Å². The molecule has 7 heteroatoms. The molecule has 32 heavy (non-hydrogen) atoms. The number of hydrogen-bond donors (Lipinski definition) is 4. The first-order valence-electron chi connectivity index (χ1n) is 10.5. The van der Waals surface area contributed by atoms with Crippen molar-refractivity contribution in [2.75, 3.05) is 4.90 Å². The van der Waals surface area contributed by atoms with Crippen molar-refractivity contribution in [3.63, 3.8) is 0 Å². The van der Waals surface area contributed by atoms with Crippen LogP contribution >= 0.6 is 12.2 Å². The predicted molar refractivity (Wildman–Crippen MR) is 126 cm³/mol. The smallest absolute Gasteiger partial charge is 0.174 e. The second-order valence-electron chi connectivity index (χ2n) is 7.95. The summed E-state index contributed by atoms with van der Waals surface area (Å²) >= 11 is 5.64. The summed E-state index contributed by atoms with van der Waals surface area (Å²) in [6.45, 7) is 0. The number of para-hydroxylation sites is 1. The Hall–Kier alpha value is -3.16. The fraction of sp³-hybridized carbons (Fsp3) is 0.240. The van der Waals surface area contributed by atoms with Gasteiger partial charge in [0.15, 0.2) is 5.11 Å². The average molecular weight is 453 g/mol. The van der Waals surface area contributed by atoms with Crippen molar-refractivity contribution in [1.29, 1.82) is 0 Å². The number of phenolic OH excluding ortho intramolecular Hbond substituents is 2. The van der Waals surface area contributed by atoms with Crippen LogP contribution in [0.3, 0.4) is 0 Å². The maximum atomic E-state index is 13.1. The molecule has 3 atom stereocenters. The normalized spacial score (nSPS) is 19.1. The zero-order chi connectivity index (χ0) is 22.7. The molecule has 166 valence electrons. The van der Waals surface area contributed by atoms with Gasteiger partial charge < -0.3 is 25.5 Å². The van der Waals surface area contributed by atoms with Gasteiger partial charge in [-0.25, -0.2) is 4.39 Å². The first kappa shape index (κ1) is 22.0. The lowest BCUT2D eigenvalue weighted by Gasteiger charge is -2.29. The van der Waals surface area contributed by atoms with Crippen LogP contribution < -0.4 is 10.2 Å². The molecule has 3 aromatic rings. The van der Waals surface area contributed by atoms with Gasteiger partial charge in [0.05, 0.1) is 18.2 Å². The first-order chi connectivity index (χ1) is 15.4. The van der Waals surface area contributed by atoms with E-state index in [0.29, 0.717) is 35.5 Å². The summed E-state index contributed by atoms with van der Waals surface area (Å²) in [5.41, 5.74) is 2.24. The second kappa shape index (κ2) is 9.54. The molecule has 0 amide bonds. The van der Waals surface area contributed by atoms with Crippen LogP contribution in [0.15, 0.2) is 72.8 Å². The number of halogens is 1. The van der Waals surface area contributed by atoms with E-state index in [4.69, 9.17) is 12.2 Å². The fourth-order valence-electron chi connectivity index (χ4n) is 4.23. The molecule has 1 heterocycles. The first-order valence-corrected chi connectivity index (χ1v) is 10.9.